The van der Waals surface area contributed by atoms with E-state index >= 15 is 0 Å². The molecule has 11 heavy (non-hydrogen) atoms. The minimum absolute atomic E-state index is 0.730. The van der Waals surface area contributed by atoms with Gasteiger partial charge in [-0.05, 0) is 11.3 Å². The van der Waals surface area contributed by atoms with Crippen LogP contribution in [-0.4, -0.2) is 5.25 Å². The normalized spacial score (nSPS) is 11.8. The zero-order valence-corrected chi connectivity index (χ0v) is 9.89. The Bertz CT molecular complexity index is 79.6. The van der Waals surface area contributed by atoms with E-state index in [0.29, 0.717) is 0 Å². The summed E-state index contributed by atoms with van der Waals surface area (Å²) in [5.74, 6) is 0.766. The van der Waals surface area contributed by atoms with Crippen LogP contribution < -0.4 is 0 Å². The van der Waals surface area contributed by atoms with Gasteiger partial charge in [0.05, 0.1) is 0 Å². The molecule has 1 atom stereocenters. The Hall–Kier alpha value is 0.440. The van der Waals surface area contributed by atoms with Gasteiger partial charge < -0.3 is 0 Å². The van der Waals surface area contributed by atoms with Crippen molar-refractivity contribution >= 4 is 21.6 Å². The lowest BCUT2D eigenvalue weighted by Gasteiger charge is -2.11. The fourth-order valence-corrected chi connectivity index (χ4v) is 2.14. The highest BCUT2D eigenvalue weighted by molar-refractivity contribution is 8.78. The third-order valence-electron chi connectivity index (χ3n) is 1.21. The Balaban J connectivity index is 0. The maximum Gasteiger partial charge on any atom is 0.0149 e. The summed E-state index contributed by atoms with van der Waals surface area (Å²) in [5.41, 5.74) is 0. The van der Waals surface area contributed by atoms with Crippen LogP contribution in [-0.2, 0) is 0 Å². The Morgan fingerprint density at radius 1 is 1.18 bits per heavy atom. The molecule has 68 valence electrons. The summed E-state index contributed by atoms with van der Waals surface area (Å²) in [6, 6.07) is 0. The molecule has 0 rings (SSSR count). The fraction of sp³-hybridized carbons (Fsp3) is 0.778. The van der Waals surface area contributed by atoms with Crippen LogP contribution in [0.25, 0.3) is 0 Å². The van der Waals surface area contributed by atoms with Crippen LogP contribution in [0.15, 0.2) is 12.0 Å². The summed E-state index contributed by atoms with van der Waals surface area (Å²) in [7, 11) is 3.61. The fourth-order valence-electron chi connectivity index (χ4n) is 0.238. The molecule has 0 saturated carbocycles. The maximum atomic E-state index is 3.63. The molecule has 0 nitrogen and oxygen atoms in total. The number of hydrogen-bond acceptors (Lipinski definition) is 2. The largest absolute Gasteiger partial charge is 0.0919 e. The summed E-state index contributed by atoms with van der Waals surface area (Å²) >= 11 is 0. The maximum absolute atomic E-state index is 3.63. The first-order valence-electron chi connectivity index (χ1n) is 4.11. The topological polar surface area (TPSA) is 0 Å². The van der Waals surface area contributed by atoms with E-state index in [1.54, 1.807) is 10.8 Å². The molecule has 0 amide bonds. The van der Waals surface area contributed by atoms with Crippen molar-refractivity contribution in [1.29, 1.82) is 0 Å². The van der Waals surface area contributed by atoms with Crippen LogP contribution in [0.2, 0.25) is 0 Å². The predicted octanol–water partition coefficient (Wildman–Crippen LogP) is 4.58. The van der Waals surface area contributed by atoms with Gasteiger partial charge in [0.15, 0.2) is 0 Å². The molecule has 0 aliphatic rings. The van der Waals surface area contributed by atoms with Gasteiger partial charge in [-0.15, -0.1) is 0 Å². The second kappa shape index (κ2) is 10.4. The van der Waals surface area contributed by atoms with Crippen molar-refractivity contribution < 1.29 is 0 Å². The van der Waals surface area contributed by atoms with E-state index < -0.39 is 0 Å². The molecule has 0 N–H and O–H groups in total. The predicted molar refractivity (Wildman–Crippen MR) is 61.0 cm³/mol. The molecule has 0 heterocycles. The van der Waals surface area contributed by atoms with Crippen molar-refractivity contribution in [2.45, 2.75) is 39.9 Å². The Labute approximate surface area is 79.6 Å². The van der Waals surface area contributed by atoms with Crippen LogP contribution in [0.3, 0.4) is 0 Å². The first-order valence-corrected chi connectivity index (χ1v) is 6.39. The summed E-state index contributed by atoms with van der Waals surface area (Å²) in [6.45, 7) is 14.4. The first-order chi connectivity index (χ1) is 5.18. The van der Waals surface area contributed by atoms with Gasteiger partial charge in [0.25, 0.3) is 0 Å². The van der Waals surface area contributed by atoms with E-state index in [0.717, 1.165) is 11.2 Å². The molecule has 1 unspecified atom stereocenters. The average Bonchev–Trinajstić information content (AvgIpc) is 2.03. The van der Waals surface area contributed by atoms with Crippen molar-refractivity contribution in [3.63, 3.8) is 0 Å². The van der Waals surface area contributed by atoms with Crippen molar-refractivity contribution in [3.05, 3.63) is 12.0 Å². The standard InChI is InChI=1S/C7H14S2.C2H6/c1-5-8-9-7(4)6(2)3;1-2/h5-7H,1H2,2-4H3;1-2H3. The second-order valence-electron chi connectivity index (χ2n) is 2.31. The molecule has 0 spiro atoms. The lowest BCUT2D eigenvalue weighted by atomic mass is 10.2. The zero-order valence-electron chi connectivity index (χ0n) is 8.26. The minimum Gasteiger partial charge on any atom is -0.0919 e. The minimum atomic E-state index is 0.730. The molecule has 0 saturated heterocycles. The molecule has 0 aromatic rings. The molecule has 0 aliphatic carbocycles. The first kappa shape index (κ1) is 14.0. The highest BCUT2D eigenvalue weighted by atomic mass is 33.1. The number of hydrogen-bond donors (Lipinski definition) is 0. The van der Waals surface area contributed by atoms with Crippen molar-refractivity contribution in [1.82, 2.24) is 0 Å². The van der Waals surface area contributed by atoms with E-state index in [1.807, 2.05) is 30.0 Å². The third-order valence-corrected chi connectivity index (χ3v) is 3.96. The van der Waals surface area contributed by atoms with Gasteiger partial charge in [0.1, 0.15) is 0 Å². The highest BCUT2D eigenvalue weighted by Crippen LogP contribution is 2.30. The molecular weight excluding hydrogens is 172 g/mol. The average molecular weight is 192 g/mol. The Morgan fingerprint density at radius 3 is 1.91 bits per heavy atom. The second-order valence-corrected chi connectivity index (χ2v) is 4.92. The van der Waals surface area contributed by atoms with Crippen molar-refractivity contribution in [2.75, 3.05) is 0 Å². The summed E-state index contributed by atoms with van der Waals surface area (Å²) in [6.07, 6.45) is 0. The SMILES string of the molecule is C=CSSC(C)C(C)C.CC. The molecule has 0 aromatic carbocycles. The molecule has 0 aliphatic heterocycles. The lowest BCUT2D eigenvalue weighted by Crippen LogP contribution is -2.02. The molecule has 0 bridgehead atoms. The van der Waals surface area contributed by atoms with E-state index in [2.05, 4.69) is 27.4 Å². The van der Waals surface area contributed by atoms with Gasteiger partial charge in [-0.3, -0.25) is 0 Å². The van der Waals surface area contributed by atoms with E-state index in [1.165, 1.54) is 0 Å². The lowest BCUT2D eigenvalue weighted by molar-refractivity contribution is 0.645. The van der Waals surface area contributed by atoms with E-state index in [9.17, 15) is 0 Å². The molecule has 2 heteroatoms. The van der Waals surface area contributed by atoms with Gasteiger partial charge in [0, 0.05) is 5.25 Å². The third kappa shape index (κ3) is 10.4. The highest BCUT2D eigenvalue weighted by Gasteiger charge is 2.05. The van der Waals surface area contributed by atoms with Crippen LogP contribution in [0.5, 0.6) is 0 Å². The quantitative estimate of drug-likeness (QED) is 0.598. The van der Waals surface area contributed by atoms with Crippen molar-refractivity contribution in [3.8, 4) is 0 Å². The molecule has 0 fully saturated rings. The summed E-state index contributed by atoms with van der Waals surface area (Å²) in [5, 5.41) is 2.61. The van der Waals surface area contributed by atoms with Gasteiger partial charge in [-0.2, -0.15) is 0 Å². The van der Waals surface area contributed by atoms with Crippen molar-refractivity contribution in [2.24, 2.45) is 5.92 Å². The number of rotatable bonds is 4. The van der Waals surface area contributed by atoms with E-state index in [-0.39, 0.29) is 0 Å². The van der Waals surface area contributed by atoms with Gasteiger partial charge >= 0.3 is 0 Å². The van der Waals surface area contributed by atoms with Gasteiger partial charge in [-0.25, -0.2) is 0 Å². The van der Waals surface area contributed by atoms with Crippen LogP contribution in [0, 0.1) is 5.92 Å². The van der Waals surface area contributed by atoms with Gasteiger partial charge in [-0.1, -0.05) is 62.8 Å². The smallest absolute Gasteiger partial charge is 0.0149 e. The zero-order chi connectivity index (χ0) is 9.28. The van der Waals surface area contributed by atoms with E-state index in [4.69, 9.17) is 0 Å². The molecule has 0 aromatic heterocycles. The molecular formula is C9H20S2. The summed E-state index contributed by atoms with van der Waals surface area (Å²) < 4.78 is 0. The van der Waals surface area contributed by atoms with Crippen LogP contribution in [0.1, 0.15) is 34.6 Å². The monoisotopic (exact) mass is 192 g/mol. The Morgan fingerprint density at radius 2 is 1.64 bits per heavy atom. The van der Waals surface area contributed by atoms with Crippen LogP contribution >= 0.6 is 21.6 Å². The Kier molecular flexibility index (Phi) is 13.3. The summed E-state index contributed by atoms with van der Waals surface area (Å²) in [4.78, 5) is 0. The molecule has 0 radical (unpaired) electrons. The van der Waals surface area contributed by atoms with Crippen LogP contribution in [0.4, 0.5) is 0 Å². The van der Waals surface area contributed by atoms with Gasteiger partial charge in [0.2, 0.25) is 0 Å².